The molecule has 0 aliphatic heterocycles. The van der Waals surface area contributed by atoms with E-state index in [9.17, 15) is 8.42 Å². The van der Waals surface area contributed by atoms with Crippen LogP contribution in [0.2, 0.25) is 0 Å². The molecule has 0 radical (unpaired) electrons. The van der Waals surface area contributed by atoms with E-state index in [1.54, 1.807) is 0 Å². The van der Waals surface area contributed by atoms with Gasteiger partial charge in [0.15, 0.2) is 0 Å². The van der Waals surface area contributed by atoms with Crippen LogP contribution in [-0.4, -0.2) is 13.4 Å². The highest BCUT2D eigenvalue weighted by atomic mass is 79.9. The normalized spacial score (nSPS) is 11.4. The van der Waals surface area contributed by atoms with Crippen molar-refractivity contribution in [2.75, 3.05) is 5.73 Å². The Morgan fingerprint density at radius 3 is 2.68 bits per heavy atom. The van der Waals surface area contributed by atoms with E-state index >= 15 is 0 Å². The molecule has 2 aromatic rings. The zero-order chi connectivity index (χ0) is 13.9. The Morgan fingerprint density at radius 1 is 1.26 bits per heavy atom. The molecule has 1 aromatic heterocycles. The molecule has 3 N–H and O–H groups in total. The van der Waals surface area contributed by atoms with Gasteiger partial charge in [-0.25, -0.2) is 18.1 Å². The molecule has 0 aliphatic carbocycles. The van der Waals surface area contributed by atoms with Gasteiger partial charge in [-0.3, -0.25) is 0 Å². The van der Waals surface area contributed by atoms with Gasteiger partial charge in [-0.15, -0.1) is 0 Å². The Labute approximate surface area is 120 Å². The lowest BCUT2D eigenvalue weighted by Gasteiger charge is -2.07. The van der Waals surface area contributed by atoms with Crippen LogP contribution in [0.5, 0.6) is 0 Å². The molecule has 0 aliphatic rings. The van der Waals surface area contributed by atoms with Crippen LogP contribution in [0.25, 0.3) is 0 Å². The topological polar surface area (TPSA) is 85.1 Å². The molecular weight excluding hydrogens is 330 g/mol. The number of hydrogen-bond donors (Lipinski definition) is 2. The number of aromatic nitrogens is 1. The smallest absolute Gasteiger partial charge is 0.242 e. The number of nitrogens with one attached hydrogen (secondary N) is 1. The number of nitrogens with two attached hydrogens (primary N) is 1. The van der Waals surface area contributed by atoms with E-state index in [0.29, 0.717) is 0 Å². The van der Waals surface area contributed by atoms with Crippen molar-refractivity contribution < 1.29 is 8.42 Å². The zero-order valence-corrected chi connectivity index (χ0v) is 12.3. The molecule has 5 nitrogen and oxygen atoms in total. The van der Waals surface area contributed by atoms with Crippen molar-refractivity contribution in [2.45, 2.75) is 11.4 Å². The van der Waals surface area contributed by atoms with Crippen molar-refractivity contribution in [3.8, 4) is 0 Å². The Kier molecular flexibility index (Phi) is 4.18. The zero-order valence-electron chi connectivity index (χ0n) is 9.88. The first-order chi connectivity index (χ1) is 8.97. The summed E-state index contributed by atoms with van der Waals surface area (Å²) in [5.41, 5.74) is 6.28. The Bertz CT molecular complexity index is 672. The number of pyridine rings is 1. The van der Waals surface area contributed by atoms with Crippen LogP contribution in [0.4, 0.5) is 5.82 Å². The molecule has 2 rings (SSSR count). The Morgan fingerprint density at radius 2 is 2.05 bits per heavy atom. The van der Waals surface area contributed by atoms with Crippen molar-refractivity contribution in [1.82, 2.24) is 9.71 Å². The third kappa shape index (κ3) is 3.76. The minimum atomic E-state index is -3.57. The fourth-order valence-electron chi connectivity index (χ4n) is 1.46. The maximum atomic E-state index is 12.0. The van der Waals surface area contributed by atoms with E-state index in [1.165, 1.54) is 18.3 Å². The second-order valence-electron chi connectivity index (χ2n) is 3.87. The molecule has 0 unspecified atom stereocenters. The number of sulfonamides is 1. The van der Waals surface area contributed by atoms with E-state index in [4.69, 9.17) is 5.73 Å². The number of anilines is 1. The standard InChI is InChI=1S/C12H12BrN3O2S/c13-10-3-1-2-9(6-10)7-16-19(17,18)11-4-5-12(14)15-8-11/h1-6,8,16H,7H2,(H2,14,15). The molecule has 1 heterocycles. The van der Waals surface area contributed by atoms with Crippen molar-refractivity contribution in [3.05, 3.63) is 52.6 Å². The summed E-state index contributed by atoms with van der Waals surface area (Å²) in [6.07, 6.45) is 1.23. The first kappa shape index (κ1) is 14.0. The van der Waals surface area contributed by atoms with Gasteiger partial charge < -0.3 is 5.73 Å². The van der Waals surface area contributed by atoms with Crippen LogP contribution >= 0.6 is 15.9 Å². The summed E-state index contributed by atoms with van der Waals surface area (Å²) < 4.78 is 27.4. The Hall–Kier alpha value is -1.44. The van der Waals surface area contributed by atoms with Gasteiger partial charge >= 0.3 is 0 Å². The fourth-order valence-corrected chi connectivity index (χ4v) is 2.87. The van der Waals surface area contributed by atoms with E-state index in [-0.39, 0.29) is 17.3 Å². The van der Waals surface area contributed by atoms with E-state index in [0.717, 1.165) is 10.0 Å². The van der Waals surface area contributed by atoms with Crippen molar-refractivity contribution in [1.29, 1.82) is 0 Å². The van der Waals surface area contributed by atoms with Crippen LogP contribution in [0, 0.1) is 0 Å². The van der Waals surface area contributed by atoms with Crippen LogP contribution < -0.4 is 10.5 Å². The summed E-state index contributed by atoms with van der Waals surface area (Å²) in [5.74, 6) is 0.283. The third-order valence-corrected chi connectivity index (χ3v) is 4.30. The molecule has 100 valence electrons. The second-order valence-corrected chi connectivity index (χ2v) is 6.56. The molecule has 19 heavy (non-hydrogen) atoms. The lowest BCUT2D eigenvalue weighted by molar-refractivity contribution is 0.581. The molecule has 0 fully saturated rings. The van der Waals surface area contributed by atoms with Crippen molar-refractivity contribution in [3.63, 3.8) is 0 Å². The molecule has 0 saturated heterocycles. The van der Waals surface area contributed by atoms with Gasteiger partial charge in [-0.05, 0) is 29.8 Å². The van der Waals surface area contributed by atoms with Crippen molar-refractivity contribution >= 4 is 31.8 Å². The molecule has 0 spiro atoms. The van der Waals surface area contributed by atoms with Gasteiger partial charge in [0, 0.05) is 17.2 Å². The number of nitrogen functional groups attached to an aromatic ring is 1. The lowest BCUT2D eigenvalue weighted by atomic mass is 10.2. The monoisotopic (exact) mass is 341 g/mol. The quantitative estimate of drug-likeness (QED) is 0.889. The second kappa shape index (κ2) is 5.68. The van der Waals surface area contributed by atoms with E-state index in [2.05, 4.69) is 25.6 Å². The van der Waals surface area contributed by atoms with Crippen LogP contribution in [0.3, 0.4) is 0 Å². The summed E-state index contributed by atoms with van der Waals surface area (Å²) in [4.78, 5) is 3.86. The molecule has 7 heteroatoms. The highest BCUT2D eigenvalue weighted by molar-refractivity contribution is 9.10. The number of hydrogen-bond acceptors (Lipinski definition) is 4. The minimum Gasteiger partial charge on any atom is -0.384 e. The van der Waals surface area contributed by atoms with Gasteiger partial charge in [0.2, 0.25) is 10.0 Å². The Balaban J connectivity index is 2.12. The lowest BCUT2D eigenvalue weighted by Crippen LogP contribution is -2.23. The number of rotatable bonds is 4. The van der Waals surface area contributed by atoms with Gasteiger partial charge in [0.25, 0.3) is 0 Å². The number of benzene rings is 1. The van der Waals surface area contributed by atoms with Crippen LogP contribution in [0.15, 0.2) is 52.0 Å². The molecule has 1 aromatic carbocycles. The minimum absolute atomic E-state index is 0.0942. The maximum Gasteiger partial charge on any atom is 0.242 e. The number of nitrogens with zero attached hydrogens (tertiary/aromatic N) is 1. The van der Waals surface area contributed by atoms with Crippen molar-refractivity contribution in [2.24, 2.45) is 0 Å². The van der Waals surface area contributed by atoms with Gasteiger partial charge in [0.1, 0.15) is 10.7 Å². The first-order valence-corrected chi connectivity index (χ1v) is 7.71. The molecule has 0 bridgehead atoms. The predicted molar refractivity (Wildman–Crippen MR) is 76.8 cm³/mol. The van der Waals surface area contributed by atoms with Crippen LogP contribution in [-0.2, 0) is 16.6 Å². The highest BCUT2D eigenvalue weighted by Crippen LogP contribution is 2.13. The van der Waals surface area contributed by atoms with Gasteiger partial charge in [-0.2, -0.15) is 0 Å². The SMILES string of the molecule is Nc1ccc(S(=O)(=O)NCc2cccc(Br)c2)cn1. The maximum absolute atomic E-state index is 12.0. The first-order valence-electron chi connectivity index (χ1n) is 5.43. The predicted octanol–water partition coefficient (Wildman–Crippen LogP) is 1.90. The largest absolute Gasteiger partial charge is 0.384 e. The summed E-state index contributed by atoms with van der Waals surface area (Å²) in [7, 11) is -3.57. The third-order valence-electron chi connectivity index (χ3n) is 2.42. The van der Waals surface area contributed by atoms with Gasteiger partial charge in [-0.1, -0.05) is 28.1 Å². The molecule has 0 saturated carbocycles. The number of halogens is 1. The molecule has 0 atom stereocenters. The molecular formula is C12H12BrN3O2S. The van der Waals surface area contributed by atoms with Crippen LogP contribution in [0.1, 0.15) is 5.56 Å². The average molecular weight is 342 g/mol. The molecule has 0 amide bonds. The summed E-state index contributed by atoms with van der Waals surface area (Å²) >= 11 is 3.33. The fraction of sp³-hybridized carbons (Fsp3) is 0.0833. The van der Waals surface area contributed by atoms with E-state index < -0.39 is 10.0 Å². The van der Waals surface area contributed by atoms with Gasteiger partial charge in [0.05, 0.1) is 0 Å². The summed E-state index contributed by atoms with van der Waals surface area (Å²) in [5, 5.41) is 0. The van der Waals surface area contributed by atoms with E-state index in [1.807, 2.05) is 24.3 Å². The summed E-state index contributed by atoms with van der Waals surface area (Å²) in [6, 6.07) is 10.3. The average Bonchev–Trinajstić information content (AvgIpc) is 2.37. The summed E-state index contributed by atoms with van der Waals surface area (Å²) in [6.45, 7) is 0.214. The highest BCUT2D eigenvalue weighted by Gasteiger charge is 2.13.